The van der Waals surface area contributed by atoms with Gasteiger partial charge in [-0.15, -0.1) is 0 Å². The van der Waals surface area contributed by atoms with Crippen molar-refractivity contribution in [3.05, 3.63) is 22.7 Å². The van der Waals surface area contributed by atoms with E-state index in [1.165, 1.54) is 6.07 Å². The predicted octanol–water partition coefficient (Wildman–Crippen LogP) is 1.38. The minimum absolute atomic E-state index is 0.324. The number of carbonyl (C=O) groups excluding carboxylic acids is 1. The lowest BCUT2D eigenvalue weighted by atomic mass is 10.1. The standard InChI is InChI=1S/C12H19ClN4O/c1-17(2)5-3-4-16-11-9(12(15)18)6-8(14)7-10(11)13/h6-7,16H,3-5,14H2,1-2H3,(H2,15,18). The minimum Gasteiger partial charge on any atom is -0.399 e. The largest absolute Gasteiger partial charge is 0.399 e. The third kappa shape index (κ3) is 4.09. The molecule has 0 unspecified atom stereocenters. The summed E-state index contributed by atoms with van der Waals surface area (Å²) in [6.07, 6.45) is 0.936. The molecule has 18 heavy (non-hydrogen) atoms. The van der Waals surface area contributed by atoms with Crippen LogP contribution in [0.1, 0.15) is 16.8 Å². The minimum atomic E-state index is -0.542. The van der Waals surface area contributed by atoms with E-state index in [1.54, 1.807) is 6.07 Å². The van der Waals surface area contributed by atoms with Crippen LogP contribution in [-0.4, -0.2) is 38.0 Å². The first kappa shape index (κ1) is 14.6. The van der Waals surface area contributed by atoms with Gasteiger partial charge in [-0.05, 0) is 39.2 Å². The summed E-state index contributed by atoms with van der Waals surface area (Å²) in [4.78, 5) is 13.4. The Morgan fingerprint density at radius 3 is 2.67 bits per heavy atom. The van der Waals surface area contributed by atoms with E-state index in [2.05, 4.69) is 10.2 Å². The molecule has 0 aliphatic rings. The van der Waals surface area contributed by atoms with Crippen LogP contribution in [0.15, 0.2) is 12.1 Å². The van der Waals surface area contributed by atoms with Crippen molar-refractivity contribution in [3.8, 4) is 0 Å². The molecule has 5 N–H and O–H groups in total. The topological polar surface area (TPSA) is 84.4 Å². The smallest absolute Gasteiger partial charge is 0.250 e. The number of hydrogen-bond donors (Lipinski definition) is 3. The number of nitrogens with two attached hydrogens (primary N) is 2. The SMILES string of the molecule is CN(C)CCCNc1c(Cl)cc(N)cc1C(N)=O. The lowest BCUT2D eigenvalue weighted by molar-refractivity contribution is 0.100. The summed E-state index contributed by atoms with van der Waals surface area (Å²) in [6.45, 7) is 1.66. The second kappa shape index (κ2) is 6.47. The molecule has 0 atom stereocenters. The maximum Gasteiger partial charge on any atom is 0.250 e. The molecule has 0 saturated heterocycles. The molecule has 6 heteroatoms. The van der Waals surface area contributed by atoms with Gasteiger partial charge in [0.25, 0.3) is 5.91 Å². The second-order valence-corrected chi connectivity index (χ2v) is 4.78. The van der Waals surface area contributed by atoms with E-state index in [0.717, 1.165) is 13.0 Å². The summed E-state index contributed by atoms with van der Waals surface area (Å²) in [5.74, 6) is -0.542. The molecular formula is C12H19ClN4O. The molecular weight excluding hydrogens is 252 g/mol. The number of rotatable bonds is 6. The molecule has 0 saturated carbocycles. The lowest BCUT2D eigenvalue weighted by Gasteiger charge is -2.14. The number of halogens is 1. The van der Waals surface area contributed by atoms with Crippen LogP contribution < -0.4 is 16.8 Å². The van der Waals surface area contributed by atoms with Gasteiger partial charge < -0.3 is 21.7 Å². The molecule has 0 aliphatic carbocycles. The highest BCUT2D eigenvalue weighted by molar-refractivity contribution is 6.34. The average Bonchev–Trinajstić information content (AvgIpc) is 2.25. The van der Waals surface area contributed by atoms with Gasteiger partial charge >= 0.3 is 0 Å². The van der Waals surface area contributed by atoms with Gasteiger partial charge in [-0.25, -0.2) is 0 Å². The maximum atomic E-state index is 11.3. The van der Waals surface area contributed by atoms with E-state index in [9.17, 15) is 4.79 Å². The van der Waals surface area contributed by atoms with Crippen molar-refractivity contribution in [3.63, 3.8) is 0 Å². The van der Waals surface area contributed by atoms with Crippen LogP contribution in [0, 0.1) is 0 Å². The second-order valence-electron chi connectivity index (χ2n) is 4.37. The fraction of sp³-hybridized carbons (Fsp3) is 0.417. The summed E-state index contributed by atoms with van der Waals surface area (Å²) in [5.41, 5.74) is 12.2. The Morgan fingerprint density at radius 2 is 2.11 bits per heavy atom. The molecule has 0 fully saturated rings. The summed E-state index contributed by atoms with van der Waals surface area (Å²) in [7, 11) is 4.01. The van der Waals surface area contributed by atoms with E-state index in [4.69, 9.17) is 23.1 Å². The molecule has 0 aromatic heterocycles. The molecule has 1 aromatic carbocycles. The van der Waals surface area contributed by atoms with Gasteiger partial charge in [-0.2, -0.15) is 0 Å². The highest BCUT2D eigenvalue weighted by Gasteiger charge is 2.12. The van der Waals surface area contributed by atoms with Crippen LogP contribution in [0.4, 0.5) is 11.4 Å². The number of anilines is 2. The predicted molar refractivity (Wildman–Crippen MR) is 76.0 cm³/mol. The van der Waals surface area contributed by atoms with Crippen LogP contribution in [0.25, 0.3) is 0 Å². The molecule has 5 nitrogen and oxygen atoms in total. The highest BCUT2D eigenvalue weighted by atomic mass is 35.5. The molecule has 0 aliphatic heterocycles. The monoisotopic (exact) mass is 270 g/mol. The van der Waals surface area contributed by atoms with Gasteiger partial charge in [-0.3, -0.25) is 4.79 Å². The van der Waals surface area contributed by atoms with Gasteiger partial charge in [0, 0.05) is 12.2 Å². The van der Waals surface area contributed by atoms with Gasteiger partial charge in [0.1, 0.15) is 0 Å². The summed E-state index contributed by atoms with van der Waals surface area (Å²) in [5, 5.41) is 3.54. The Labute approximate surface area is 112 Å². The third-order valence-corrected chi connectivity index (χ3v) is 2.76. The number of carbonyl (C=O) groups is 1. The van der Waals surface area contributed by atoms with Crippen molar-refractivity contribution in [2.24, 2.45) is 5.73 Å². The van der Waals surface area contributed by atoms with Gasteiger partial charge in [0.05, 0.1) is 16.3 Å². The number of nitrogen functional groups attached to an aromatic ring is 1. The van der Waals surface area contributed by atoms with Crippen LogP contribution in [0.5, 0.6) is 0 Å². The number of hydrogen-bond acceptors (Lipinski definition) is 4. The lowest BCUT2D eigenvalue weighted by Crippen LogP contribution is -2.19. The van der Waals surface area contributed by atoms with Gasteiger partial charge in [0.2, 0.25) is 0 Å². The Morgan fingerprint density at radius 1 is 1.44 bits per heavy atom. The summed E-state index contributed by atoms with van der Waals surface area (Å²) < 4.78 is 0. The Bertz CT molecular complexity index is 434. The first-order chi connectivity index (χ1) is 8.41. The Balaban J connectivity index is 2.77. The molecule has 1 amide bonds. The normalized spacial score (nSPS) is 10.7. The zero-order chi connectivity index (χ0) is 13.7. The van der Waals surface area contributed by atoms with Crippen LogP contribution in [-0.2, 0) is 0 Å². The van der Waals surface area contributed by atoms with E-state index < -0.39 is 5.91 Å². The highest BCUT2D eigenvalue weighted by Crippen LogP contribution is 2.28. The van der Waals surface area contributed by atoms with E-state index in [-0.39, 0.29) is 0 Å². The van der Waals surface area contributed by atoms with Crippen molar-refractivity contribution in [2.75, 3.05) is 38.2 Å². The summed E-state index contributed by atoms with van der Waals surface area (Å²) >= 11 is 6.06. The Kier molecular flexibility index (Phi) is 5.25. The van der Waals surface area contributed by atoms with E-state index >= 15 is 0 Å². The average molecular weight is 271 g/mol. The molecule has 0 heterocycles. The number of amides is 1. The van der Waals surface area contributed by atoms with Crippen molar-refractivity contribution in [1.82, 2.24) is 4.90 Å². The molecule has 1 rings (SSSR count). The van der Waals surface area contributed by atoms with E-state index in [1.807, 2.05) is 14.1 Å². The Hall–Kier alpha value is -1.46. The van der Waals surface area contributed by atoms with Crippen molar-refractivity contribution in [2.45, 2.75) is 6.42 Å². The zero-order valence-electron chi connectivity index (χ0n) is 10.7. The van der Waals surface area contributed by atoms with E-state index in [0.29, 0.717) is 28.5 Å². The van der Waals surface area contributed by atoms with Gasteiger partial charge in [-0.1, -0.05) is 11.6 Å². The molecule has 0 spiro atoms. The number of benzene rings is 1. The first-order valence-corrected chi connectivity index (χ1v) is 6.07. The fourth-order valence-electron chi connectivity index (χ4n) is 1.61. The van der Waals surface area contributed by atoms with Crippen LogP contribution in [0.2, 0.25) is 5.02 Å². The van der Waals surface area contributed by atoms with Crippen molar-refractivity contribution < 1.29 is 4.79 Å². The zero-order valence-corrected chi connectivity index (χ0v) is 11.4. The fourth-order valence-corrected chi connectivity index (χ4v) is 1.90. The van der Waals surface area contributed by atoms with Crippen molar-refractivity contribution >= 4 is 28.9 Å². The van der Waals surface area contributed by atoms with Gasteiger partial charge in [0.15, 0.2) is 0 Å². The number of nitrogens with one attached hydrogen (secondary N) is 1. The van der Waals surface area contributed by atoms with Crippen molar-refractivity contribution in [1.29, 1.82) is 0 Å². The van der Waals surface area contributed by atoms with Crippen LogP contribution in [0.3, 0.4) is 0 Å². The van der Waals surface area contributed by atoms with Crippen LogP contribution >= 0.6 is 11.6 Å². The summed E-state index contributed by atoms with van der Waals surface area (Å²) in [6, 6.07) is 3.13. The number of nitrogens with zero attached hydrogens (tertiary/aromatic N) is 1. The quantitative estimate of drug-likeness (QED) is 0.539. The number of primary amides is 1. The third-order valence-electron chi connectivity index (χ3n) is 2.46. The molecule has 1 aromatic rings. The first-order valence-electron chi connectivity index (χ1n) is 5.69. The molecule has 0 bridgehead atoms. The molecule has 0 radical (unpaired) electrons. The maximum absolute atomic E-state index is 11.3. The molecule has 100 valence electrons.